The van der Waals surface area contributed by atoms with Gasteiger partial charge in [0, 0.05) is 6.07 Å². The number of benzene rings is 1. The molecule has 0 saturated heterocycles. The number of ether oxygens (including phenoxy) is 2. The number of amides is 1. The van der Waals surface area contributed by atoms with Crippen LogP contribution in [0.1, 0.15) is 9.67 Å². The highest BCUT2D eigenvalue weighted by Crippen LogP contribution is 2.32. The first-order chi connectivity index (χ1) is 10.6. The van der Waals surface area contributed by atoms with Gasteiger partial charge in [0.1, 0.15) is 13.2 Å². The maximum absolute atomic E-state index is 12.2. The van der Waals surface area contributed by atoms with Gasteiger partial charge in [-0.15, -0.1) is 16.2 Å². The second-order valence-electron chi connectivity index (χ2n) is 4.34. The monoisotopic (exact) mass is 340 g/mol. The first kappa shape index (κ1) is 14.8. The molecular formula is C13H12N2O5S2. The Hall–Kier alpha value is -2.10. The summed E-state index contributed by atoms with van der Waals surface area (Å²) in [5.74, 6) is 0.336. The van der Waals surface area contributed by atoms with Crippen molar-refractivity contribution in [3.05, 3.63) is 40.6 Å². The molecule has 0 unspecified atom stereocenters. The molecule has 0 aliphatic carbocycles. The van der Waals surface area contributed by atoms with E-state index in [1.165, 1.54) is 29.5 Å². The third-order valence-electron chi connectivity index (χ3n) is 2.87. The first-order valence-corrected chi connectivity index (χ1v) is 8.68. The van der Waals surface area contributed by atoms with E-state index in [4.69, 9.17) is 9.47 Å². The molecule has 0 fully saturated rings. The second-order valence-corrected chi connectivity index (χ2v) is 6.97. The molecule has 3 rings (SSSR count). The van der Waals surface area contributed by atoms with Crippen molar-refractivity contribution in [2.24, 2.45) is 0 Å². The number of hydrogen-bond acceptors (Lipinski definition) is 6. The fraction of sp³-hybridized carbons (Fsp3) is 0.154. The highest BCUT2D eigenvalue weighted by Gasteiger charge is 2.20. The molecule has 0 atom stereocenters. The van der Waals surface area contributed by atoms with Gasteiger partial charge in [-0.25, -0.2) is 8.42 Å². The summed E-state index contributed by atoms with van der Waals surface area (Å²) in [6, 6.07) is 7.55. The Morgan fingerprint density at radius 2 is 1.91 bits per heavy atom. The molecule has 0 spiro atoms. The number of rotatable bonds is 4. The fourth-order valence-electron chi connectivity index (χ4n) is 1.83. The zero-order valence-electron chi connectivity index (χ0n) is 11.2. The molecule has 9 heteroatoms. The van der Waals surface area contributed by atoms with Crippen LogP contribution in [0.5, 0.6) is 11.5 Å². The van der Waals surface area contributed by atoms with Gasteiger partial charge in [0.15, 0.2) is 11.5 Å². The summed E-state index contributed by atoms with van der Waals surface area (Å²) in [4.78, 5) is 14.2. The molecule has 0 saturated carbocycles. The van der Waals surface area contributed by atoms with Gasteiger partial charge in [-0.2, -0.15) is 0 Å². The van der Waals surface area contributed by atoms with Gasteiger partial charge in [-0.05, 0) is 23.6 Å². The molecule has 1 aliphatic heterocycles. The SMILES string of the molecule is O=C(NNS(=O)(=O)c1ccc2c(c1)OCCO2)c1cccs1. The van der Waals surface area contributed by atoms with E-state index in [1.807, 2.05) is 0 Å². The Kier molecular flexibility index (Phi) is 4.01. The van der Waals surface area contributed by atoms with Crippen molar-refractivity contribution >= 4 is 27.3 Å². The molecule has 2 heterocycles. The zero-order valence-corrected chi connectivity index (χ0v) is 12.9. The predicted octanol–water partition coefficient (Wildman–Crippen LogP) is 1.14. The molecule has 7 nitrogen and oxygen atoms in total. The van der Waals surface area contributed by atoms with Crippen molar-refractivity contribution in [3.63, 3.8) is 0 Å². The smallest absolute Gasteiger partial charge is 0.276 e. The molecule has 1 amide bonds. The van der Waals surface area contributed by atoms with E-state index in [0.29, 0.717) is 29.6 Å². The molecule has 2 N–H and O–H groups in total. The van der Waals surface area contributed by atoms with Crippen LogP contribution >= 0.6 is 11.3 Å². The minimum Gasteiger partial charge on any atom is -0.486 e. The van der Waals surface area contributed by atoms with Crippen LogP contribution in [-0.4, -0.2) is 27.5 Å². The average Bonchev–Trinajstić information content (AvgIpc) is 3.07. The van der Waals surface area contributed by atoms with Gasteiger partial charge in [0.2, 0.25) is 0 Å². The standard InChI is InChI=1S/C13H12N2O5S2/c16-13(12-2-1-7-21-12)14-15-22(17,18)9-3-4-10-11(8-9)20-6-5-19-10/h1-4,7-8,15H,5-6H2,(H,14,16). The topological polar surface area (TPSA) is 93.7 Å². The maximum Gasteiger partial charge on any atom is 0.276 e. The van der Waals surface area contributed by atoms with Crippen LogP contribution in [0.25, 0.3) is 0 Å². The number of carbonyl (C=O) groups is 1. The summed E-state index contributed by atoms with van der Waals surface area (Å²) >= 11 is 1.21. The fourth-order valence-corrected chi connectivity index (χ4v) is 3.31. The largest absolute Gasteiger partial charge is 0.486 e. The number of sulfonamides is 1. The lowest BCUT2D eigenvalue weighted by molar-refractivity contribution is 0.0949. The number of fused-ring (bicyclic) bond motifs is 1. The lowest BCUT2D eigenvalue weighted by Gasteiger charge is -2.18. The molecule has 1 aromatic carbocycles. The van der Waals surface area contributed by atoms with Gasteiger partial charge in [0.25, 0.3) is 15.9 Å². The number of carbonyl (C=O) groups excluding carboxylic acids is 1. The molecule has 1 aliphatic rings. The van der Waals surface area contributed by atoms with E-state index >= 15 is 0 Å². The van der Waals surface area contributed by atoms with Gasteiger partial charge >= 0.3 is 0 Å². The third kappa shape index (κ3) is 3.06. The Morgan fingerprint density at radius 3 is 2.64 bits per heavy atom. The third-order valence-corrected chi connectivity index (χ3v) is 4.98. The van der Waals surface area contributed by atoms with E-state index in [0.717, 1.165) is 0 Å². The van der Waals surface area contributed by atoms with Crippen LogP contribution in [-0.2, 0) is 10.0 Å². The minimum atomic E-state index is -3.89. The van der Waals surface area contributed by atoms with Gasteiger partial charge in [0.05, 0.1) is 9.77 Å². The van der Waals surface area contributed by atoms with Gasteiger partial charge in [-0.3, -0.25) is 10.2 Å². The normalized spacial score (nSPS) is 13.6. The lowest BCUT2D eigenvalue weighted by Crippen LogP contribution is -2.41. The summed E-state index contributed by atoms with van der Waals surface area (Å²) in [6.45, 7) is 0.785. The van der Waals surface area contributed by atoms with E-state index < -0.39 is 15.9 Å². The van der Waals surface area contributed by atoms with E-state index in [-0.39, 0.29) is 4.90 Å². The van der Waals surface area contributed by atoms with Crippen molar-refractivity contribution in [1.82, 2.24) is 10.3 Å². The summed E-state index contributed by atoms with van der Waals surface area (Å²) in [7, 11) is -3.89. The van der Waals surface area contributed by atoms with E-state index in [2.05, 4.69) is 10.3 Å². The Labute approximate surface area is 130 Å². The van der Waals surface area contributed by atoms with Crippen molar-refractivity contribution in [2.45, 2.75) is 4.90 Å². The highest BCUT2D eigenvalue weighted by molar-refractivity contribution is 7.89. The Morgan fingerprint density at radius 1 is 1.14 bits per heavy atom. The van der Waals surface area contributed by atoms with Crippen molar-refractivity contribution in [1.29, 1.82) is 0 Å². The van der Waals surface area contributed by atoms with Crippen molar-refractivity contribution in [2.75, 3.05) is 13.2 Å². The van der Waals surface area contributed by atoms with E-state index in [9.17, 15) is 13.2 Å². The average molecular weight is 340 g/mol. The second kappa shape index (κ2) is 5.95. The van der Waals surface area contributed by atoms with Crippen LogP contribution in [0.15, 0.2) is 40.6 Å². The molecule has 1 aromatic heterocycles. The van der Waals surface area contributed by atoms with Crippen molar-refractivity contribution in [3.8, 4) is 11.5 Å². The number of hydrazine groups is 1. The Bertz CT molecular complexity index is 787. The Balaban J connectivity index is 1.74. The molecule has 0 radical (unpaired) electrons. The molecule has 0 bridgehead atoms. The van der Waals surface area contributed by atoms with Crippen LogP contribution in [0.2, 0.25) is 0 Å². The minimum absolute atomic E-state index is 0.0248. The van der Waals surface area contributed by atoms with E-state index in [1.54, 1.807) is 17.5 Å². The summed E-state index contributed by atoms with van der Waals surface area (Å²) < 4.78 is 35.0. The first-order valence-electron chi connectivity index (χ1n) is 6.31. The number of hydrogen-bond donors (Lipinski definition) is 2. The van der Waals surface area contributed by atoms with Crippen LogP contribution in [0.3, 0.4) is 0 Å². The summed E-state index contributed by atoms with van der Waals surface area (Å²) in [6.07, 6.45) is 0. The summed E-state index contributed by atoms with van der Waals surface area (Å²) in [5, 5.41) is 1.73. The van der Waals surface area contributed by atoms with Crippen LogP contribution < -0.4 is 19.7 Å². The molecule has 116 valence electrons. The van der Waals surface area contributed by atoms with Gasteiger partial charge < -0.3 is 9.47 Å². The molecular weight excluding hydrogens is 328 g/mol. The van der Waals surface area contributed by atoms with Gasteiger partial charge in [-0.1, -0.05) is 6.07 Å². The van der Waals surface area contributed by atoms with Crippen molar-refractivity contribution < 1.29 is 22.7 Å². The summed E-state index contributed by atoms with van der Waals surface area (Å²) in [5.41, 5.74) is 2.17. The molecule has 2 aromatic rings. The molecule has 22 heavy (non-hydrogen) atoms. The number of nitrogens with one attached hydrogen (secondary N) is 2. The van der Waals surface area contributed by atoms with Crippen LogP contribution in [0, 0.1) is 0 Å². The zero-order chi connectivity index (χ0) is 15.6. The van der Waals surface area contributed by atoms with Crippen LogP contribution in [0.4, 0.5) is 0 Å². The predicted molar refractivity (Wildman–Crippen MR) is 79.5 cm³/mol. The number of thiophene rings is 1. The quantitative estimate of drug-likeness (QED) is 0.814. The maximum atomic E-state index is 12.2. The lowest BCUT2D eigenvalue weighted by atomic mass is 10.3. The highest BCUT2D eigenvalue weighted by atomic mass is 32.2.